The third-order valence-electron chi connectivity index (χ3n) is 4.13. The minimum atomic E-state index is 0.593. The first-order chi connectivity index (χ1) is 11.7. The Morgan fingerprint density at radius 1 is 1.12 bits per heavy atom. The van der Waals surface area contributed by atoms with Gasteiger partial charge in [0.05, 0.1) is 17.9 Å². The van der Waals surface area contributed by atoms with Crippen LogP contribution < -0.4 is 5.73 Å². The van der Waals surface area contributed by atoms with Crippen LogP contribution in [0.15, 0.2) is 55.4 Å². The van der Waals surface area contributed by atoms with Crippen LogP contribution in [0.5, 0.6) is 0 Å². The van der Waals surface area contributed by atoms with Gasteiger partial charge in [-0.15, -0.1) is 11.3 Å². The van der Waals surface area contributed by atoms with Gasteiger partial charge in [-0.2, -0.15) is 5.26 Å². The molecule has 0 saturated carbocycles. The van der Waals surface area contributed by atoms with Crippen LogP contribution in [0.1, 0.15) is 11.1 Å². The molecule has 0 aliphatic carbocycles. The predicted molar refractivity (Wildman–Crippen MR) is 97.6 cm³/mol. The van der Waals surface area contributed by atoms with Gasteiger partial charge in [-0.05, 0) is 35.4 Å². The largest absolute Gasteiger partial charge is 0.397 e. The van der Waals surface area contributed by atoms with Crippen molar-refractivity contribution in [2.24, 2.45) is 0 Å². The monoisotopic (exact) mass is 330 g/mol. The fourth-order valence-corrected chi connectivity index (χ4v) is 3.89. The number of aromatic nitrogens is 1. The summed E-state index contributed by atoms with van der Waals surface area (Å²) in [6.07, 6.45) is 5.64. The van der Waals surface area contributed by atoms with E-state index in [1.165, 1.54) is 4.88 Å². The number of rotatable bonds is 2. The van der Waals surface area contributed by atoms with Gasteiger partial charge in [0.25, 0.3) is 0 Å². The Morgan fingerprint density at radius 2 is 1.92 bits per heavy atom. The maximum Gasteiger partial charge on any atom is 0.184 e. The van der Waals surface area contributed by atoms with Gasteiger partial charge >= 0.3 is 0 Å². The van der Waals surface area contributed by atoms with Gasteiger partial charge in [0.1, 0.15) is 0 Å². The van der Waals surface area contributed by atoms with E-state index in [0.717, 1.165) is 32.8 Å². The molecule has 0 spiro atoms. The third-order valence-corrected chi connectivity index (χ3v) is 5.31. The zero-order valence-corrected chi connectivity index (χ0v) is 13.7. The molecule has 1 aliphatic heterocycles. The molecule has 4 nitrogen and oxygen atoms in total. The summed E-state index contributed by atoms with van der Waals surface area (Å²) in [5, 5.41) is 9.15. The molecule has 0 saturated heterocycles. The highest BCUT2D eigenvalue weighted by molar-refractivity contribution is 7.18. The van der Waals surface area contributed by atoms with Gasteiger partial charge < -0.3 is 5.73 Å². The molecule has 1 aromatic carbocycles. The van der Waals surface area contributed by atoms with E-state index in [1.54, 1.807) is 22.4 Å². The molecule has 0 unspecified atom stereocenters. The summed E-state index contributed by atoms with van der Waals surface area (Å²) in [4.78, 5) is 8.08. The van der Waals surface area contributed by atoms with Crippen LogP contribution in [0.25, 0.3) is 26.6 Å². The lowest BCUT2D eigenvalue weighted by atomic mass is 10.0. The highest BCUT2D eigenvalue weighted by atomic mass is 32.1. The topological polar surface area (TPSA) is 65.9 Å². The molecule has 3 aromatic rings. The first-order valence-corrected chi connectivity index (χ1v) is 8.28. The molecule has 1 aliphatic rings. The van der Waals surface area contributed by atoms with Crippen molar-refractivity contribution in [3.63, 3.8) is 0 Å². The minimum absolute atomic E-state index is 0.593. The number of pyridine rings is 1. The normalized spacial score (nSPS) is 13.0. The Labute approximate surface area is 144 Å². The van der Waals surface area contributed by atoms with Crippen LogP contribution in [0.4, 0.5) is 5.69 Å². The second kappa shape index (κ2) is 5.52. The van der Waals surface area contributed by atoms with Crippen molar-refractivity contribution in [1.82, 2.24) is 9.88 Å². The molecule has 0 radical (unpaired) electrons. The average molecular weight is 330 g/mol. The SMILES string of the molecule is C=C1c2ccc(-c3ccc(-c4cncc(N)c4)s3)cc2CN1C#N. The summed E-state index contributed by atoms with van der Waals surface area (Å²) in [6, 6.07) is 12.4. The second-order valence-corrected chi connectivity index (χ2v) is 6.76. The van der Waals surface area contributed by atoms with Gasteiger partial charge in [0.15, 0.2) is 6.19 Å². The zero-order chi connectivity index (χ0) is 16.7. The number of nitrogens with two attached hydrogens (primary N) is 1. The minimum Gasteiger partial charge on any atom is -0.397 e. The lowest BCUT2D eigenvalue weighted by Gasteiger charge is -2.05. The van der Waals surface area contributed by atoms with Crippen molar-refractivity contribution in [3.05, 3.63) is 66.5 Å². The molecule has 0 atom stereocenters. The average Bonchev–Trinajstić information content (AvgIpc) is 3.20. The number of nitrogen functional groups attached to an aromatic ring is 1. The van der Waals surface area contributed by atoms with Crippen molar-refractivity contribution in [1.29, 1.82) is 5.26 Å². The van der Waals surface area contributed by atoms with E-state index >= 15 is 0 Å². The Balaban J connectivity index is 1.70. The van der Waals surface area contributed by atoms with E-state index in [4.69, 9.17) is 11.0 Å². The van der Waals surface area contributed by atoms with Gasteiger partial charge in [-0.25, -0.2) is 0 Å². The number of benzene rings is 1. The lowest BCUT2D eigenvalue weighted by molar-refractivity contribution is 0.575. The Kier molecular flexibility index (Phi) is 3.33. The molecule has 0 fully saturated rings. The van der Waals surface area contributed by atoms with Crippen molar-refractivity contribution in [2.45, 2.75) is 6.54 Å². The van der Waals surface area contributed by atoms with E-state index in [0.29, 0.717) is 12.2 Å². The molecule has 3 heterocycles. The van der Waals surface area contributed by atoms with Gasteiger partial charge in [0, 0.05) is 33.3 Å². The number of hydrogen-bond donors (Lipinski definition) is 1. The van der Waals surface area contributed by atoms with E-state index < -0.39 is 0 Å². The van der Waals surface area contributed by atoms with Crippen LogP contribution in [-0.2, 0) is 6.54 Å². The molecular formula is C19H14N4S. The molecule has 4 rings (SSSR count). The van der Waals surface area contributed by atoms with Gasteiger partial charge in [-0.1, -0.05) is 18.7 Å². The van der Waals surface area contributed by atoms with E-state index in [-0.39, 0.29) is 0 Å². The van der Waals surface area contributed by atoms with E-state index in [9.17, 15) is 0 Å². The molecule has 2 aromatic heterocycles. The summed E-state index contributed by atoms with van der Waals surface area (Å²) in [5.41, 5.74) is 11.6. The Hall–Kier alpha value is -3.10. The first kappa shape index (κ1) is 14.5. The molecule has 116 valence electrons. The fraction of sp³-hybridized carbons (Fsp3) is 0.0526. The number of anilines is 1. The van der Waals surface area contributed by atoms with E-state index in [1.807, 2.05) is 18.3 Å². The van der Waals surface area contributed by atoms with Crippen molar-refractivity contribution in [3.8, 4) is 27.1 Å². The summed E-state index contributed by atoms with van der Waals surface area (Å²) in [6.45, 7) is 4.58. The Bertz CT molecular complexity index is 997. The fourth-order valence-electron chi connectivity index (χ4n) is 2.91. The number of nitrogens with zero attached hydrogens (tertiary/aromatic N) is 3. The van der Waals surface area contributed by atoms with Crippen molar-refractivity contribution in [2.75, 3.05) is 5.73 Å². The van der Waals surface area contributed by atoms with E-state index in [2.05, 4.69) is 42.0 Å². The number of fused-ring (bicyclic) bond motifs is 1. The predicted octanol–water partition coefficient (Wildman–Crippen LogP) is 4.33. The van der Waals surface area contributed by atoms with Gasteiger partial charge in [-0.3, -0.25) is 9.88 Å². The molecule has 5 heteroatoms. The van der Waals surface area contributed by atoms with Crippen molar-refractivity contribution < 1.29 is 0 Å². The quantitative estimate of drug-likeness (QED) is 0.710. The smallest absolute Gasteiger partial charge is 0.184 e. The number of thiophene rings is 1. The van der Waals surface area contributed by atoms with Crippen LogP contribution in [0.2, 0.25) is 0 Å². The van der Waals surface area contributed by atoms with Crippen molar-refractivity contribution >= 4 is 22.7 Å². The molecule has 24 heavy (non-hydrogen) atoms. The van der Waals surface area contributed by atoms with Gasteiger partial charge in [0.2, 0.25) is 0 Å². The summed E-state index contributed by atoms with van der Waals surface area (Å²) >= 11 is 1.70. The number of hydrogen-bond acceptors (Lipinski definition) is 5. The maximum atomic E-state index is 9.15. The summed E-state index contributed by atoms with van der Waals surface area (Å²) in [7, 11) is 0. The zero-order valence-electron chi connectivity index (χ0n) is 12.9. The highest BCUT2D eigenvalue weighted by Crippen LogP contribution is 2.38. The van der Waals surface area contributed by atoms with Crippen LogP contribution in [0.3, 0.4) is 0 Å². The Morgan fingerprint density at radius 3 is 2.67 bits per heavy atom. The molecular weight excluding hydrogens is 316 g/mol. The molecule has 0 bridgehead atoms. The second-order valence-electron chi connectivity index (χ2n) is 5.68. The summed E-state index contributed by atoms with van der Waals surface area (Å²) < 4.78 is 0. The third kappa shape index (κ3) is 2.34. The maximum absolute atomic E-state index is 9.15. The molecule has 0 amide bonds. The highest BCUT2D eigenvalue weighted by Gasteiger charge is 2.22. The standard InChI is InChI=1S/C19H14N4S/c1-12-17-3-2-13(6-15(17)10-23(12)11-20)18-4-5-19(24-18)14-7-16(21)9-22-8-14/h2-9H,1,10,21H2. The van der Waals surface area contributed by atoms with Crippen LogP contribution in [-0.4, -0.2) is 9.88 Å². The summed E-state index contributed by atoms with van der Waals surface area (Å²) in [5.74, 6) is 0. The number of nitriles is 1. The van der Waals surface area contributed by atoms with Crippen LogP contribution in [0, 0.1) is 11.5 Å². The molecule has 2 N–H and O–H groups in total. The van der Waals surface area contributed by atoms with Crippen LogP contribution >= 0.6 is 11.3 Å². The first-order valence-electron chi connectivity index (χ1n) is 7.46. The lowest BCUT2D eigenvalue weighted by Crippen LogP contribution is -2.05.